The Morgan fingerprint density at radius 3 is 2.55 bits per heavy atom. The summed E-state index contributed by atoms with van der Waals surface area (Å²) in [7, 11) is 0. The largest absolute Gasteiger partial charge is 0.449 e. The Morgan fingerprint density at radius 2 is 1.91 bits per heavy atom. The number of nitrogens with zero attached hydrogens (tertiary/aromatic N) is 2. The molecule has 0 spiro atoms. The highest BCUT2D eigenvalue weighted by atomic mass is 32.1. The van der Waals surface area contributed by atoms with E-state index in [4.69, 9.17) is 10.8 Å². The van der Waals surface area contributed by atoms with Crippen molar-refractivity contribution in [2.75, 3.05) is 0 Å². The van der Waals surface area contributed by atoms with Crippen LogP contribution in [-0.4, -0.2) is 21.6 Å². The van der Waals surface area contributed by atoms with E-state index in [2.05, 4.69) is 4.98 Å². The van der Waals surface area contributed by atoms with Crippen LogP contribution in [0, 0.1) is 10.8 Å². The van der Waals surface area contributed by atoms with Crippen LogP contribution in [0.4, 0.5) is 13.2 Å². The van der Waals surface area contributed by atoms with Gasteiger partial charge in [-0.05, 0) is 23.6 Å². The first kappa shape index (κ1) is 14.5. The lowest BCUT2D eigenvalue weighted by atomic mass is 10.2. The fourth-order valence-corrected chi connectivity index (χ4v) is 2.75. The van der Waals surface area contributed by atoms with Crippen LogP contribution in [0.15, 0.2) is 41.1 Å². The van der Waals surface area contributed by atoms with Crippen molar-refractivity contribution in [1.29, 1.82) is 10.8 Å². The number of rotatable bonds is 1. The van der Waals surface area contributed by atoms with E-state index in [9.17, 15) is 13.2 Å². The molecule has 0 saturated carbocycles. The molecule has 0 bridgehead atoms. The normalized spacial score (nSPS) is 11.8. The zero-order valence-corrected chi connectivity index (χ0v) is 11.8. The predicted octanol–water partition coefficient (Wildman–Crippen LogP) is 3.63. The quantitative estimate of drug-likeness (QED) is 0.521. The van der Waals surface area contributed by atoms with E-state index >= 15 is 0 Å². The summed E-state index contributed by atoms with van der Waals surface area (Å²) in [5.74, 6) is -1.60. The Morgan fingerprint density at radius 1 is 1.18 bits per heavy atom. The fraction of sp³-hybridized carbons (Fsp3) is 0.0714. The maximum atomic E-state index is 13.0. The number of nitrogens with one attached hydrogen (secondary N) is 2. The van der Waals surface area contributed by atoms with Gasteiger partial charge in [-0.1, -0.05) is 12.1 Å². The number of hydrogen-bond acceptors (Lipinski definition) is 4. The average molecular weight is 322 g/mol. The van der Waals surface area contributed by atoms with Gasteiger partial charge in [-0.2, -0.15) is 24.5 Å². The van der Waals surface area contributed by atoms with Crippen LogP contribution >= 0.6 is 11.3 Å². The minimum atomic E-state index is -4.85. The van der Waals surface area contributed by atoms with Crippen LogP contribution < -0.4 is 5.49 Å². The van der Waals surface area contributed by atoms with E-state index < -0.39 is 17.5 Å². The van der Waals surface area contributed by atoms with Crippen molar-refractivity contribution in [3.8, 4) is 11.3 Å². The number of thiophene rings is 1. The van der Waals surface area contributed by atoms with Gasteiger partial charge in [-0.3, -0.25) is 15.4 Å². The van der Waals surface area contributed by atoms with Gasteiger partial charge in [0.15, 0.2) is 5.49 Å². The third-order valence-corrected chi connectivity index (χ3v) is 3.77. The molecule has 0 fully saturated rings. The first-order chi connectivity index (χ1) is 10.4. The molecular weight excluding hydrogens is 313 g/mol. The van der Waals surface area contributed by atoms with Crippen molar-refractivity contribution in [2.45, 2.75) is 6.18 Å². The lowest BCUT2D eigenvalue weighted by Gasteiger charge is -2.16. The zero-order chi connectivity index (χ0) is 15.9. The topological polar surface area (TPSA) is 65.5 Å². The fourth-order valence-electron chi connectivity index (χ4n) is 2.11. The first-order valence-electron chi connectivity index (χ1n) is 6.14. The number of halogens is 3. The maximum absolute atomic E-state index is 13.0. The van der Waals surface area contributed by atoms with Crippen LogP contribution in [0.1, 0.15) is 0 Å². The Bertz CT molecular complexity index is 910. The van der Waals surface area contributed by atoms with Crippen molar-refractivity contribution in [2.24, 2.45) is 0 Å². The highest BCUT2D eigenvalue weighted by Gasteiger charge is 2.37. The van der Waals surface area contributed by atoms with Gasteiger partial charge in [-0.25, -0.2) is 4.98 Å². The summed E-state index contributed by atoms with van der Waals surface area (Å²) >= 11 is 1.36. The van der Waals surface area contributed by atoms with Gasteiger partial charge in [0.2, 0.25) is 5.84 Å². The van der Waals surface area contributed by atoms with Crippen molar-refractivity contribution >= 4 is 28.2 Å². The van der Waals surface area contributed by atoms with Crippen LogP contribution in [0.25, 0.3) is 22.3 Å². The van der Waals surface area contributed by atoms with Gasteiger partial charge >= 0.3 is 6.18 Å². The molecule has 2 heterocycles. The SMILES string of the molecule is N=C(n1c(=N)c(-c2ccsc2)nc2ccccc21)C(F)(F)F. The van der Waals surface area contributed by atoms with E-state index in [0.717, 1.165) is 0 Å². The van der Waals surface area contributed by atoms with Gasteiger partial charge in [0.1, 0.15) is 5.69 Å². The van der Waals surface area contributed by atoms with Crippen molar-refractivity contribution < 1.29 is 13.2 Å². The molecule has 112 valence electrons. The summed E-state index contributed by atoms with van der Waals surface area (Å²) in [6, 6.07) is 7.86. The number of alkyl halides is 3. The first-order valence-corrected chi connectivity index (χ1v) is 7.09. The summed E-state index contributed by atoms with van der Waals surface area (Å²) in [6.07, 6.45) is -4.85. The average Bonchev–Trinajstić information content (AvgIpc) is 2.99. The van der Waals surface area contributed by atoms with Crippen molar-refractivity contribution in [3.05, 3.63) is 46.6 Å². The number of para-hydroxylation sites is 2. The molecule has 2 aromatic heterocycles. The molecule has 0 aliphatic carbocycles. The molecule has 0 aliphatic heterocycles. The smallest absolute Gasteiger partial charge is 0.282 e. The highest BCUT2D eigenvalue weighted by molar-refractivity contribution is 7.08. The molecule has 0 radical (unpaired) electrons. The maximum Gasteiger partial charge on any atom is 0.449 e. The predicted molar refractivity (Wildman–Crippen MR) is 78.1 cm³/mol. The number of fused-ring (bicyclic) bond motifs is 1. The highest BCUT2D eigenvalue weighted by Crippen LogP contribution is 2.23. The Labute approximate surface area is 126 Å². The minimum absolute atomic E-state index is 0.0776. The van der Waals surface area contributed by atoms with Gasteiger partial charge in [-0.15, -0.1) is 0 Å². The van der Waals surface area contributed by atoms with Crippen LogP contribution in [0.2, 0.25) is 0 Å². The van der Waals surface area contributed by atoms with E-state index in [1.807, 2.05) is 0 Å². The molecule has 0 amide bonds. The third kappa shape index (κ3) is 2.31. The van der Waals surface area contributed by atoms with Gasteiger partial charge < -0.3 is 0 Å². The monoisotopic (exact) mass is 322 g/mol. The van der Waals surface area contributed by atoms with Gasteiger partial charge in [0, 0.05) is 10.9 Å². The molecule has 3 aromatic rings. The summed E-state index contributed by atoms with van der Waals surface area (Å²) in [5.41, 5.74) is 0.598. The zero-order valence-electron chi connectivity index (χ0n) is 11.0. The molecule has 1 aromatic carbocycles. The van der Waals surface area contributed by atoms with Gasteiger partial charge in [0.05, 0.1) is 11.0 Å². The van der Waals surface area contributed by atoms with Crippen LogP contribution in [0.5, 0.6) is 0 Å². The second-order valence-electron chi connectivity index (χ2n) is 4.49. The molecule has 0 unspecified atom stereocenters. The number of benzene rings is 1. The molecule has 8 heteroatoms. The second kappa shape index (κ2) is 5.06. The number of hydrogen-bond donors (Lipinski definition) is 2. The van der Waals surface area contributed by atoms with E-state index in [1.165, 1.54) is 17.4 Å². The molecule has 3 rings (SSSR count). The molecule has 2 N–H and O–H groups in total. The molecule has 0 atom stereocenters. The molecule has 0 saturated heterocycles. The van der Waals surface area contributed by atoms with E-state index in [-0.39, 0.29) is 11.2 Å². The van der Waals surface area contributed by atoms with Crippen LogP contribution in [0.3, 0.4) is 0 Å². The minimum Gasteiger partial charge on any atom is -0.282 e. The lowest BCUT2D eigenvalue weighted by molar-refractivity contribution is -0.0623. The van der Waals surface area contributed by atoms with Crippen molar-refractivity contribution in [3.63, 3.8) is 0 Å². The Hall–Kier alpha value is -2.48. The molecular formula is C14H9F3N4S. The molecule has 0 aliphatic rings. The van der Waals surface area contributed by atoms with Crippen molar-refractivity contribution in [1.82, 2.24) is 9.55 Å². The van der Waals surface area contributed by atoms with E-state index in [1.54, 1.807) is 35.0 Å². The second-order valence-corrected chi connectivity index (χ2v) is 5.27. The molecule has 22 heavy (non-hydrogen) atoms. The Balaban J connectivity index is 2.41. The van der Waals surface area contributed by atoms with E-state index in [0.29, 0.717) is 15.6 Å². The number of aromatic nitrogens is 2. The van der Waals surface area contributed by atoms with Gasteiger partial charge in [0.25, 0.3) is 0 Å². The Kier molecular flexibility index (Phi) is 3.32. The standard InChI is InChI=1S/C14H9F3N4S/c15-14(16,17)13(19)21-10-4-2-1-3-9(10)20-11(12(21)18)8-5-6-22-7-8/h1-7,18-19H. The van der Waals surface area contributed by atoms with Crippen LogP contribution in [-0.2, 0) is 0 Å². The third-order valence-electron chi connectivity index (χ3n) is 3.09. The molecule has 4 nitrogen and oxygen atoms in total. The summed E-state index contributed by atoms with van der Waals surface area (Å²) in [6.45, 7) is 0. The summed E-state index contributed by atoms with van der Waals surface area (Å²) < 4.78 is 39.5. The summed E-state index contributed by atoms with van der Waals surface area (Å²) in [5, 5.41) is 19.0. The summed E-state index contributed by atoms with van der Waals surface area (Å²) in [4.78, 5) is 4.28. The lowest BCUT2D eigenvalue weighted by Crippen LogP contribution is -2.38.